The summed E-state index contributed by atoms with van der Waals surface area (Å²) in [6.07, 6.45) is 2.41. The zero-order valence-electron chi connectivity index (χ0n) is 13.8. The SMILES string of the molecule is Cn1ccc(CN(Cc2ccccc2)[C@H]2CCS(=O)(=O)C2)cc1=O. The van der Waals surface area contributed by atoms with E-state index in [-0.39, 0.29) is 23.1 Å². The minimum Gasteiger partial charge on any atom is -0.319 e. The summed E-state index contributed by atoms with van der Waals surface area (Å²) in [5.74, 6) is 0.449. The summed E-state index contributed by atoms with van der Waals surface area (Å²) in [4.78, 5) is 14.0. The van der Waals surface area contributed by atoms with Crippen molar-refractivity contribution in [2.75, 3.05) is 11.5 Å². The molecule has 1 aliphatic rings. The molecule has 0 aliphatic carbocycles. The Morgan fingerprint density at radius 3 is 2.46 bits per heavy atom. The van der Waals surface area contributed by atoms with E-state index in [0.29, 0.717) is 19.5 Å². The van der Waals surface area contributed by atoms with Crippen LogP contribution in [0.2, 0.25) is 0 Å². The van der Waals surface area contributed by atoms with Gasteiger partial charge in [-0.2, -0.15) is 0 Å². The molecule has 0 unspecified atom stereocenters. The van der Waals surface area contributed by atoms with E-state index in [4.69, 9.17) is 0 Å². The standard InChI is InChI=1S/C18H22N2O3S/c1-19-9-7-16(11-18(19)21)13-20(12-15-5-3-2-4-6-15)17-8-10-24(22,23)14-17/h2-7,9,11,17H,8,10,12-14H2,1H3/t17-/m0/s1. The molecule has 0 bridgehead atoms. The van der Waals surface area contributed by atoms with Crippen LogP contribution in [-0.4, -0.2) is 35.4 Å². The Balaban J connectivity index is 1.83. The van der Waals surface area contributed by atoms with Gasteiger partial charge < -0.3 is 4.57 Å². The van der Waals surface area contributed by atoms with Gasteiger partial charge in [-0.25, -0.2) is 8.42 Å². The van der Waals surface area contributed by atoms with E-state index in [9.17, 15) is 13.2 Å². The van der Waals surface area contributed by atoms with Gasteiger partial charge in [-0.3, -0.25) is 9.69 Å². The topological polar surface area (TPSA) is 59.4 Å². The number of sulfone groups is 1. The Hall–Kier alpha value is -1.92. The first-order chi connectivity index (χ1) is 11.4. The van der Waals surface area contributed by atoms with Crippen LogP contribution in [-0.2, 0) is 30.0 Å². The lowest BCUT2D eigenvalue weighted by molar-refractivity contribution is 0.194. The molecule has 2 aromatic rings. The fourth-order valence-electron chi connectivity index (χ4n) is 3.12. The van der Waals surface area contributed by atoms with Gasteiger partial charge in [0.05, 0.1) is 11.5 Å². The van der Waals surface area contributed by atoms with Gasteiger partial charge in [0.2, 0.25) is 0 Å². The lowest BCUT2D eigenvalue weighted by Crippen LogP contribution is -2.35. The van der Waals surface area contributed by atoms with Gasteiger partial charge in [-0.1, -0.05) is 30.3 Å². The predicted octanol–water partition coefficient (Wildman–Crippen LogP) is 1.57. The van der Waals surface area contributed by atoms with Crippen molar-refractivity contribution in [1.82, 2.24) is 9.47 Å². The van der Waals surface area contributed by atoms with Crippen LogP contribution in [0, 0.1) is 0 Å². The highest BCUT2D eigenvalue weighted by atomic mass is 32.2. The van der Waals surface area contributed by atoms with Crippen molar-refractivity contribution in [2.45, 2.75) is 25.6 Å². The van der Waals surface area contributed by atoms with Crippen LogP contribution in [0.5, 0.6) is 0 Å². The monoisotopic (exact) mass is 346 g/mol. The molecule has 1 aliphatic heterocycles. The van der Waals surface area contributed by atoms with Gasteiger partial charge in [0, 0.05) is 38.4 Å². The van der Waals surface area contributed by atoms with Crippen molar-refractivity contribution in [1.29, 1.82) is 0 Å². The summed E-state index contributed by atoms with van der Waals surface area (Å²) >= 11 is 0. The summed E-state index contributed by atoms with van der Waals surface area (Å²) in [5, 5.41) is 0. The molecule has 0 saturated carbocycles. The number of hydrogen-bond acceptors (Lipinski definition) is 4. The number of aryl methyl sites for hydroxylation is 1. The third-order valence-electron chi connectivity index (χ3n) is 4.51. The maximum Gasteiger partial charge on any atom is 0.250 e. The predicted molar refractivity (Wildman–Crippen MR) is 94.4 cm³/mol. The smallest absolute Gasteiger partial charge is 0.250 e. The van der Waals surface area contributed by atoms with E-state index in [2.05, 4.69) is 4.90 Å². The van der Waals surface area contributed by atoms with E-state index in [1.165, 1.54) is 4.57 Å². The quantitative estimate of drug-likeness (QED) is 0.825. The highest BCUT2D eigenvalue weighted by Gasteiger charge is 2.32. The number of rotatable bonds is 5. The number of benzene rings is 1. The van der Waals surface area contributed by atoms with Crippen molar-refractivity contribution in [3.63, 3.8) is 0 Å². The first kappa shape index (κ1) is 16.9. The lowest BCUT2D eigenvalue weighted by Gasteiger charge is -2.28. The van der Waals surface area contributed by atoms with Crippen LogP contribution in [0.4, 0.5) is 0 Å². The Morgan fingerprint density at radius 2 is 1.83 bits per heavy atom. The molecule has 1 saturated heterocycles. The zero-order valence-corrected chi connectivity index (χ0v) is 14.6. The van der Waals surface area contributed by atoms with E-state index < -0.39 is 9.84 Å². The van der Waals surface area contributed by atoms with Crippen LogP contribution in [0.1, 0.15) is 17.5 Å². The van der Waals surface area contributed by atoms with Crippen LogP contribution < -0.4 is 5.56 Å². The van der Waals surface area contributed by atoms with Crippen LogP contribution in [0.3, 0.4) is 0 Å². The molecule has 0 N–H and O–H groups in total. The fraction of sp³-hybridized carbons (Fsp3) is 0.389. The Kier molecular flexibility index (Phi) is 4.87. The Bertz CT molecular complexity index is 859. The van der Waals surface area contributed by atoms with E-state index >= 15 is 0 Å². The normalized spacial score (nSPS) is 19.7. The Labute approximate surface area is 142 Å². The fourth-order valence-corrected chi connectivity index (χ4v) is 4.88. The zero-order chi connectivity index (χ0) is 17.2. The number of nitrogens with zero attached hydrogens (tertiary/aromatic N) is 2. The molecule has 0 spiro atoms. The highest BCUT2D eigenvalue weighted by molar-refractivity contribution is 7.91. The molecule has 6 heteroatoms. The second-order valence-corrected chi connectivity index (χ2v) is 8.66. The summed E-state index contributed by atoms with van der Waals surface area (Å²) < 4.78 is 25.3. The molecule has 5 nitrogen and oxygen atoms in total. The van der Waals surface area contributed by atoms with Gasteiger partial charge in [0.15, 0.2) is 9.84 Å². The van der Waals surface area contributed by atoms with E-state index in [1.54, 1.807) is 19.3 Å². The van der Waals surface area contributed by atoms with Gasteiger partial charge in [-0.05, 0) is 23.6 Å². The number of aromatic nitrogens is 1. The summed E-state index contributed by atoms with van der Waals surface area (Å²) in [7, 11) is -1.23. The largest absolute Gasteiger partial charge is 0.319 e. The molecule has 1 aromatic carbocycles. The third-order valence-corrected chi connectivity index (χ3v) is 6.26. The van der Waals surface area contributed by atoms with Gasteiger partial charge in [0.25, 0.3) is 5.56 Å². The number of hydrogen-bond donors (Lipinski definition) is 0. The van der Waals surface area contributed by atoms with Crippen molar-refractivity contribution in [3.8, 4) is 0 Å². The molecule has 0 amide bonds. The summed E-state index contributed by atoms with van der Waals surface area (Å²) in [6.45, 7) is 1.25. The molecule has 0 radical (unpaired) electrons. The highest BCUT2D eigenvalue weighted by Crippen LogP contribution is 2.22. The second kappa shape index (κ2) is 6.91. The van der Waals surface area contributed by atoms with Crippen LogP contribution in [0.25, 0.3) is 0 Å². The van der Waals surface area contributed by atoms with Gasteiger partial charge >= 0.3 is 0 Å². The minimum absolute atomic E-state index is 0.000681. The molecular weight excluding hydrogens is 324 g/mol. The third kappa shape index (κ3) is 4.13. The summed E-state index contributed by atoms with van der Waals surface area (Å²) in [6, 6.07) is 13.6. The Morgan fingerprint density at radius 1 is 1.12 bits per heavy atom. The van der Waals surface area contributed by atoms with E-state index in [0.717, 1.165) is 11.1 Å². The molecule has 2 heterocycles. The molecule has 3 rings (SSSR count). The van der Waals surface area contributed by atoms with Crippen molar-refractivity contribution < 1.29 is 8.42 Å². The van der Waals surface area contributed by atoms with Gasteiger partial charge in [-0.15, -0.1) is 0 Å². The molecule has 128 valence electrons. The van der Waals surface area contributed by atoms with Crippen molar-refractivity contribution >= 4 is 9.84 Å². The molecule has 1 atom stereocenters. The summed E-state index contributed by atoms with van der Waals surface area (Å²) in [5.41, 5.74) is 2.01. The number of pyridine rings is 1. The molecule has 1 aromatic heterocycles. The second-order valence-electron chi connectivity index (χ2n) is 6.43. The maximum absolute atomic E-state index is 11.9. The van der Waals surface area contributed by atoms with Crippen LogP contribution >= 0.6 is 0 Å². The van der Waals surface area contributed by atoms with Crippen LogP contribution in [0.15, 0.2) is 53.5 Å². The maximum atomic E-state index is 11.9. The lowest BCUT2D eigenvalue weighted by atomic mass is 10.1. The van der Waals surface area contributed by atoms with Crippen molar-refractivity contribution in [2.24, 2.45) is 7.05 Å². The first-order valence-corrected chi connectivity index (χ1v) is 9.89. The van der Waals surface area contributed by atoms with Crippen molar-refractivity contribution in [3.05, 3.63) is 70.1 Å². The van der Waals surface area contributed by atoms with E-state index in [1.807, 2.05) is 36.4 Å². The van der Waals surface area contributed by atoms with Gasteiger partial charge in [0.1, 0.15) is 0 Å². The molecule has 1 fully saturated rings. The molecule has 24 heavy (non-hydrogen) atoms. The average Bonchev–Trinajstić information content (AvgIpc) is 2.91. The average molecular weight is 346 g/mol. The molecular formula is C18H22N2O3S. The minimum atomic E-state index is -2.95. The first-order valence-electron chi connectivity index (χ1n) is 8.07.